The average Bonchev–Trinajstić information content (AvgIpc) is 2.35. The standard InChI is InChI=1S/C13H15NO2S/c1-2-8-17-13-9-10(5-6-12(13)16)11(15)4-3-7-14/h2-3,5-7,9,16H,1,4,8,14H2. The Balaban J connectivity index is 2.87. The number of carbonyl (C=O) groups excluding carboxylic acids is 1. The second-order valence-corrected chi connectivity index (χ2v) is 4.40. The van der Waals surface area contributed by atoms with E-state index in [0.717, 1.165) is 0 Å². The van der Waals surface area contributed by atoms with E-state index in [0.29, 0.717) is 16.2 Å². The molecule has 17 heavy (non-hydrogen) atoms. The molecule has 0 aliphatic rings. The van der Waals surface area contributed by atoms with Crippen LogP contribution in [0.2, 0.25) is 0 Å². The maximum Gasteiger partial charge on any atom is 0.166 e. The van der Waals surface area contributed by atoms with Crippen molar-refractivity contribution in [3.05, 3.63) is 48.7 Å². The topological polar surface area (TPSA) is 63.3 Å². The van der Waals surface area contributed by atoms with Gasteiger partial charge in [0.05, 0.1) is 4.90 Å². The number of rotatable bonds is 6. The monoisotopic (exact) mass is 249 g/mol. The average molecular weight is 249 g/mol. The van der Waals surface area contributed by atoms with Crippen LogP contribution in [0.25, 0.3) is 0 Å². The summed E-state index contributed by atoms with van der Waals surface area (Å²) in [4.78, 5) is 12.4. The molecule has 0 aromatic heterocycles. The van der Waals surface area contributed by atoms with Crippen LogP contribution < -0.4 is 5.73 Å². The van der Waals surface area contributed by atoms with Crippen molar-refractivity contribution in [2.75, 3.05) is 5.75 Å². The van der Waals surface area contributed by atoms with E-state index in [9.17, 15) is 9.90 Å². The van der Waals surface area contributed by atoms with Gasteiger partial charge in [-0.1, -0.05) is 12.2 Å². The fourth-order valence-corrected chi connectivity index (χ4v) is 1.97. The zero-order chi connectivity index (χ0) is 12.7. The summed E-state index contributed by atoms with van der Waals surface area (Å²) in [7, 11) is 0. The van der Waals surface area contributed by atoms with Crippen LogP contribution in [-0.4, -0.2) is 16.6 Å². The van der Waals surface area contributed by atoms with Crippen LogP contribution in [0.3, 0.4) is 0 Å². The summed E-state index contributed by atoms with van der Waals surface area (Å²) in [6.45, 7) is 3.61. The number of hydrogen-bond donors (Lipinski definition) is 2. The molecular formula is C13H15NO2S. The van der Waals surface area contributed by atoms with Crippen molar-refractivity contribution in [3.8, 4) is 5.75 Å². The molecule has 0 heterocycles. The van der Waals surface area contributed by atoms with Gasteiger partial charge in [0.25, 0.3) is 0 Å². The molecule has 3 nitrogen and oxygen atoms in total. The Bertz CT molecular complexity index is 441. The lowest BCUT2D eigenvalue weighted by molar-refractivity contribution is 0.0995. The summed E-state index contributed by atoms with van der Waals surface area (Å²) in [6.07, 6.45) is 4.97. The minimum absolute atomic E-state index is 0.0212. The lowest BCUT2D eigenvalue weighted by Gasteiger charge is -2.05. The van der Waals surface area contributed by atoms with Gasteiger partial charge < -0.3 is 10.8 Å². The SMILES string of the molecule is C=CCSc1cc(C(=O)CC=CN)ccc1O. The number of ketones is 1. The number of phenols is 1. The molecule has 1 aromatic carbocycles. The van der Waals surface area contributed by atoms with Gasteiger partial charge in [-0.25, -0.2) is 0 Å². The van der Waals surface area contributed by atoms with Crippen LogP contribution in [0, 0.1) is 0 Å². The normalized spacial score (nSPS) is 10.6. The van der Waals surface area contributed by atoms with E-state index in [1.807, 2.05) is 0 Å². The maximum absolute atomic E-state index is 11.7. The Morgan fingerprint density at radius 3 is 2.94 bits per heavy atom. The molecule has 0 amide bonds. The van der Waals surface area contributed by atoms with Crippen LogP contribution >= 0.6 is 11.8 Å². The molecule has 0 atom stereocenters. The van der Waals surface area contributed by atoms with E-state index in [1.54, 1.807) is 24.3 Å². The van der Waals surface area contributed by atoms with E-state index in [4.69, 9.17) is 5.73 Å². The molecule has 0 aliphatic heterocycles. The van der Waals surface area contributed by atoms with Crippen LogP contribution in [-0.2, 0) is 0 Å². The second-order valence-electron chi connectivity index (χ2n) is 3.34. The lowest BCUT2D eigenvalue weighted by atomic mass is 10.1. The predicted molar refractivity (Wildman–Crippen MR) is 71.3 cm³/mol. The van der Waals surface area contributed by atoms with Gasteiger partial charge in [-0.3, -0.25) is 4.79 Å². The van der Waals surface area contributed by atoms with Gasteiger partial charge in [0.1, 0.15) is 5.75 Å². The molecule has 1 aromatic rings. The molecule has 0 fully saturated rings. The van der Waals surface area contributed by atoms with Gasteiger partial charge in [-0.2, -0.15) is 0 Å². The van der Waals surface area contributed by atoms with Crippen molar-refractivity contribution in [1.82, 2.24) is 0 Å². The molecule has 0 spiro atoms. The van der Waals surface area contributed by atoms with E-state index in [-0.39, 0.29) is 18.0 Å². The number of carbonyl (C=O) groups is 1. The van der Waals surface area contributed by atoms with Crippen LogP contribution in [0.4, 0.5) is 0 Å². The van der Waals surface area contributed by atoms with Crippen LogP contribution in [0.1, 0.15) is 16.8 Å². The predicted octanol–water partition coefficient (Wildman–Crippen LogP) is 2.72. The number of aromatic hydroxyl groups is 1. The highest BCUT2D eigenvalue weighted by Gasteiger charge is 2.08. The fraction of sp³-hybridized carbons (Fsp3) is 0.154. The van der Waals surface area contributed by atoms with Gasteiger partial charge >= 0.3 is 0 Å². The molecule has 90 valence electrons. The maximum atomic E-state index is 11.7. The number of thioether (sulfide) groups is 1. The number of phenolic OH excluding ortho intramolecular Hbond substituents is 1. The second kappa shape index (κ2) is 6.81. The molecule has 3 N–H and O–H groups in total. The van der Waals surface area contributed by atoms with E-state index in [2.05, 4.69) is 6.58 Å². The van der Waals surface area contributed by atoms with E-state index in [1.165, 1.54) is 24.0 Å². The lowest BCUT2D eigenvalue weighted by Crippen LogP contribution is -1.97. The van der Waals surface area contributed by atoms with Crippen LogP contribution in [0.15, 0.2) is 48.0 Å². The minimum atomic E-state index is -0.0212. The Hall–Kier alpha value is -1.68. The van der Waals surface area contributed by atoms with Gasteiger partial charge in [0.2, 0.25) is 0 Å². The molecule has 0 bridgehead atoms. The van der Waals surface area contributed by atoms with E-state index >= 15 is 0 Å². The first-order chi connectivity index (χ1) is 8.19. The Morgan fingerprint density at radius 2 is 2.29 bits per heavy atom. The smallest absolute Gasteiger partial charge is 0.166 e. The highest BCUT2D eigenvalue weighted by molar-refractivity contribution is 7.99. The van der Waals surface area contributed by atoms with Crippen molar-refractivity contribution >= 4 is 17.5 Å². The van der Waals surface area contributed by atoms with Gasteiger partial charge in [-0.05, 0) is 24.4 Å². The van der Waals surface area contributed by atoms with Gasteiger partial charge in [0.15, 0.2) is 5.78 Å². The summed E-state index contributed by atoms with van der Waals surface area (Å²) in [6, 6.07) is 4.83. The highest BCUT2D eigenvalue weighted by Crippen LogP contribution is 2.29. The number of allylic oxidation sites excluding steroid dienone is 1. The first kappa shape index (κ1) is 13.4. The zero-order valence-electron chi connectivity index (χ0n) is 9.43. The third-order valence-corrected chi connectivity index (χ3v) is 3.12. The quantitative estimate of drug-likeness (QED) is 0.462. The number of benzene rings is 1. The van der Waals surface area contributed by atoms with Crippen LogP contribution in [0.5, 0.6) is 5.75 Å². The Labute approximate surface area is 105 Å². The van der Waals surface area contributed by atoms with Crippen molar-refractivity contribution in [2.45, 2.75) is 11.3 Å². The number of nitrogens with two attached hydrogens (primary N) is 1. The molecule has 0 saturated carbocycles. The van der Waals surface area contributed by atoms with Crippen molar-refractivity contribution in [1.29, 1.82) is 0 Å². The third kappa shape index (κ3) is 4.00. The molecule has 0 radical (unpaired) electrons. The largest absolute Gasteiger partial charge is 0.507 e. The molecule has 0 unspecified atom stereocenters. The number of hydrogen-bond acceptors (Lipinski definition) is 4. The molecule has 0 saturated heterocycles. The van der Waals surface area contributed by atoms with E-state index < -0.39 is 0 Å². The molecular weight excluding hydrogens is 234 g/mol. The zero-order valence-corrected chi connectivity index (χ0v) is 10.2. The first-order valence-electron chi connectivity index (χ1n) is 5.15. The third-order valence-electron chi connectivity index (χ3n) is 2.08. The van der Waals surface area contributed by atoms with Gasteiger partial charge in [0, 0.05) is 17.7 Å². The first-order valence-corrected chi connectivity index (χ1v) is 6.14. The van der Waals surface area contributed by atoms with Crippen molar-refractivity contribution < 1.29 is 9.90 Å². The number of Topliss-reactive ketones (excluding diaryl/α,β-unsaturated/α-hetero) is 1. The van der Waals surface area contributed by atoms with Crippen molar-refractivity contribution in [2.24, 2.45) is 5.73 Å². The molecule has 4 heteroatoms. The molecule has 0 aliphatic carbocycles. The Morgan fingerprint density at radius 1 is 1.53 bits per heavy atom. The summed E-state index contributed by atoms with van der Waals surface area (Å²) < 4.78 is 0. The van der Waals surface area contributed by atoms with Crippen molar-refractivity contribution in [3.63, 3.8) is 0 Å². The summed E-state index contributed by atoms with van der Waals surface area (Å²) in [5.41, 5.74) is 5.76. The summed E-state index contributed by atoms with van der Waals surface area (Å²) >= 11 is 1.44. The van der Waals surface area contributed by atoms with Gasteiger partial charge in [-0.15, -0.1) is 18.3 Å². The minimum Gasteiger partial charge on any atom is -0.507 e. The Kier molecular flexibility index (Phi) is 5.36. The molecule has 1 rings (SSSR count). The summed E-state index contributed by atoms with van der Waals surface area (Å²) in [5, 5.41) is 9.62. The highest BCUT2D eigenvalue weighted by atomic mass is 32.2. The fourth-order valence-electron chi connectivity index (χ4n) is 1.24. The summed E-state index contributed by atoms with van der Waals surface area (Å²) in [5.74, 6) is 0.850.